The van der Waals surface area contributed by atoms with Gasteiger partial charge >= 0.3 is 0 Å². The summed E-state index contributed by atoms with van der Waals surface area (Å²) < 4.78 is 20.8. The number of allylic oxidation sites excluding steroid dienone is 1. The molecule has 2 nitrogen and oxygen atoms in total. The second-order valence-electron chi connectivity index (χ2n) is 6.02. The van der Waals surface area contributed by atoms with E-state index >= 15 is 0 Å². The molecule has 0 aromatic heterocycles. The standard InChI is InChI=1S/C22H12Br2Cl2FNO/c23-19-7-13(6-16(11-28)14-2-1-3-18(27)9-14)8-20(24)22(19)29-12-15-4-5-17(25)10-21(15)26/h1-10H,12H2/b16-6-. The Morgan fingerprint density at radius 2 is 1.79 bits per heavy atom. The fourth-order valence-corrected chi connectivity index (χ4v) is 4.51. The number of hydrogen-bond acceptors (Lipinski definition) is 2. The molecule has 0 fully saturated rings. The number of halogens is 5. The largest absolute Gasteiger partial charge is 0.486 e. The second kappa shape index (κ2) is 9.77. The quantitative estimate of drug-likeness (QED) is 0.234. The maximum absolute atomic E-state index is 13.5. The van der Waals surface area contributed by atoms with Gasteiger partial charge in [-0.1, -0.05) is 41.4 Å². The van der Waals surface area contributed by atoms with Gasteiger partial charge in [0.25, 0.3) is 0 Å². The summed E-state index contributed by atoms with van der Waals surface area (Å²) >= 11 is 19.1. The smallest absolute Gasteiger partial charge is 0.148 e. The average Bonchev–Trinajstić information content (AvgIpc) is 2.67. The molecule has 3 rings (SSSR count). The highest BCUT2D eigenvalue weighted by molar-refractivity contribution is 9.11. The minimum Gasteiger partial charge on any atom is -0.486 e. The lowest BCUT2D eigenvalue weighted by molar-refractivity contribution is 0.302. The monoisotopic (exact) mass is 553 g/mol. The van der Waals surface area contributed by atoms with Gasteiger partial charge in [0.15, 0.2) is 0 Å². The summed E-state index contributed by atoms with van der Waals surface area (Å²) in [6.45, 7) is 0.259. The van der Waals surface area contributed by atoms with E-state index in [-0.39, 0.29) is 6.61 Å². The molecule has 146 valence electrons. The van der Waals surface area contributed by atoms with Gasteiger partial charge in [-0.15, -0.1) is 0 Å². The fourth-order valence-electron chi connectivity index (χ4n) is 2.59. The van der Waals surface area contributed by atoms with Crippen LogP contribution in [0.1, 0.15) is 16.7 Å². The van der Waals surface area contributed by atoms with Gasteiger partial charge in [0.1, 0.15) is 18.2 Å². The Morgan fingerprint density at radius 1 is 1.07 bits per heavy atom. The first-order valence-corrected chi connectivity index (χ1v) is 10.6. The van der Waals surface area contributed by atoms with Crippen molar-refractivity contribution in [2.24, 2.45) is 0 Å². The summed E-state index contributed by atoms with van der Waals surface area (Å²) in [5.74, 6) is 0.202. The van der Waals surface area contributed by atoms with Crippen molar-refractivity contribution in [3.05, 3.63) is 96.1 Å². The zero-order valence-electron chi connectivity index (χ0n) is 14.7. The van der Waals surface area contributed by atoms with Gasteiger partial charge in [-0.25, -0.2) is 4.39 Å². The molecule has 0 N–H and O–H groups in total. The molecule has 0 unspecified atom stereocenters. The predicted molar refractivity (Wildman–Crippen MR) is 123 cm³/mol. The van der Waals surface area contributed by atoms with E-state index in [9.17, 15) is 9.65 Å². The molecule has 0 spiro atoms. The molecule has 3 aromatic carbocycles. The highest BCUT2D eigenvalue weighted by Gasteiger charge is 2.11. The molecule has 7 heteroatoms. The van der Waals surface area contributed by atoms with E-state index in [1.54, 1.807) is 30.3 Å². The first-order chi connectivity index (χ1) is 13.9. The summed E-state index contributed by atoms with van der Waals surface area (Å²) in [7, 11) is 0. The van der Waals surface area contributed by atoms with Crippen LogP contribution in [-0.4, -0.2) is 0 Å². The molecule has 0 saturated heterocycles. The summed E-state index contributed by atoms with van der Waals surface area (Å²) in [6.07, 6.45) is 1.68. The van der Waals surface area contributed by atoms with E-state index in [1.807, 2.05) is 18.2 Å². The number of nitrogens with zero attached hydrogens (tertiary/aromatic N) is 1. The van der Waals surface area contributed by atoms with E-state index in [4.69, 9.17) is 27.9 Å². The average molecular weight is 556 g/mol. The molecule has 0 radical (unpaired) electrons. The van der Waals surface area contributed by atoms with E-state index in [1.165, 1.54) is 12.1 Å². The van der Waals surface area contributed by atoms with Crippen molar-refractivity contribution >= 4 is 66.7 Å². The second-order valence-corrected chi connectivity index (χ2v) is 8.57. The Hall–Kier alpha value is -1.84. The van der Waals surface area contributed by atoms with Crippen molar-refractivity contribution in [3.8, 4) is 11.8 Å². The highest BCUT2D eigenvalue weighted by atomic mass is 79.9. The number of hydrogen-bond donors (Lipinski definition) is 0. The Kier molecular flexibility index (Phi) is 7.37. The maximum Gasteiger partial charge on any atom is 0.148 e. The molecule has 0 heterocycles. The van der Waals surface area contributed by atoms with Gasteiger partial charge in [0, 0.05) is 15.6 Å². The zero-order valence-corrected chi connectivity index (χ0v) is 19.4. The summed E-state index contributed by atoms with van der Waals surface area (Å²) in [6, 6.07) is 16.9. The molecule has 0 amide bonds. The lowest BCUT2D eigenvalue weighted by atomic mass is 10.0. The Bertz CT molecular complexity index is 1120. The first kappa shape index (κ1) is 21.9. The van der Waals surface area contributed by atoms with Crippen molar-refractivity contribution in [3.63, 3.8) is 0 Å². The number of rotatable bonds is 5. The van der Waals surface area contributed by atoms with E-state index < -0.39 is 5.82 Å². The molecule has 0 aliphatic carbocycles. The van der Waals surface area contributed by atoms with E-state index in [0.717, 1.165) is 11.1 Å². The van der Waals surface area contributed by atoms with Crippen LogP contribution in [0.5, 0.6) is 5.75 Å². The van der Waals surface area contributed by atoms with Gasteiger partial charge in [0.2, 0.25) is 0 Å². The lowest BCUT2D eigenvalue weighted by Gasteiger charge is -2.12. The fraction of sp³-hybridized carbons (Fsp3) is 0.0455. The van der Waals surface area contributed by atoms with Gasteiger partial charge in [-0.3, -0.25) is 0 Å². The number of benzene rings is 3. The van der Waals surface area contributed by atoms with Gasteiger partial charge in [0.05, 0.1) is 20.6 Å². The molecule has 0 aliphatic rings. The van der Waals surface area contributed by atoms with Crippen LogP contribution in [0.2, 0.25) is 10.0 Å². The Labute approximate surface area is 194 Å². The molecule has 0 bridgehead atoms. The van der Waals surface area contributed by atoms with Crippen LogP contribution >= 0.6 is 55.1 Å². The van der Waals surface area contributed by atoms with Crippen LogP contribution in [0.25, 0.3) is 11.6 Å². The van der Waals surface area contributed by atoms with E-state index in [0.29, 0.717) is 35.9 Å². The minimum absolute atomic E-state index is 0.259. The third-order valence-electron chi connectivity index (χ3n) is 3.97. The van der Waals surface area contributed by atoms with Crippen LogP contribution in [0.15, 0.2) is 63.5 Å². The summed E-state index contributed by atoms with van der Waals surface area (Å²) in [5, 5.41) is 10.6. The van der Waals surface area contributed by atoms with Crippen molar-refractivity contribution in [1.82, 2.24) is 0 Å². The first-order valence-electron chi connectivity index (χ1n) is 8.31. The molecule has 29 heavy (non-hydrogen) atoms. The van der Waals surface area contributed by atoms with Crippen molar-refractivity contribution in [1.29, 1.82) is 5.26 Å². The van der Waals surface area contributed by atoms with Crippen LogP contribution in [0.3, 0.4) is 0 Å². The number of ether oxygens (including phenoxy) is 1. The van der Waals surface area contributed by atoms with E-state index in [2.05, 4.69) is 37.9 Å². The minimum atomic E-state index is -0.393. The Morgan fingerprint density at radius 3 is 2.41 bits per heavy atom. The molecular weight excluding hydrogens is 544 g/mol. The van der Waals surface area contributed by atoms with Crippen LogP contribution in [0.4, 0.5) is 4.39 Å². The molecule has 3 aromatic rings. The lowest BCUT2D eigenvalue weighted by Crippen LogP contribution is -1.98. The maximum atomic E-state index is 13.5. The molecule has 0 saturated carbocycles. The van der Waals surface area contributed by atoms with Gasteiger partial charge < -0.3 is 4.74 Å². The highest BCUT2D eigenvalue weighted by Crippen LogP contribution is 2.37. The van der Waals surface area contributed by atoms with Crippen molar-refractivity contribution < 1.29 is 9.13 Å². The number of nitriles is 1. The van der Waals surface area contributed by atoms with Crippen LogP contribution in [-0.2, 0) is 6.61 Å². The van der Waals surface area contributed by atoms with Crippen molar-refractivity contribution in [2.45, 2.75) is 6.61 Å². The van der Waals surface area contributed by atoms with Crippen molar-refractivity contribution in [2.75, 3.05) is 0 Å². The third kappa shape index (κ3) is 5.61. The van der Waals surface area contributed by atoms with Crippen LogP contribution in [0, 0.1) is 17.1 Å². The summed E-state index contributed by atoms with van der Waals surface area (Å²) in [5.41, 5.74) is 2.42. The topological polar surface area (TPSA) is 33.0 Å². The molecular formula is C22H12Br2Cl2FNO. The third-order valence-corrected chi connectivity index (χ3v) is 5.74. The normalized spacial score (nSPS) is 11.2. The van der Waals surface area contributed by atoms with Crippen LogP contribution < -0.4 is 4.74 Å². The van der Waals surface area contributed by atoms with Gasteiger partial charge in [-0.2, -0.15) is 5.26 Å². The zero-order chi connectivity index (χ0) is 21.0. The Balaban J connectivity index is 1.86. The SMILES string of the molecule is N#C/C(=C/c1cc(Br)c(OCc2ccc(Cl)cc2Cl)c(Br)c1)c1cccc(F)c1. The van der Waals surface area contributed by atoms with Gasteiger partial charge in [-0.05, 0) is 85.5 Å². The molecule has 0 atom stereocenters. The summed E-state index contributed by atoms with van der Waals surface area (Å²) in [4.78, 5) is 0. The molecule has 0 aliphatic heterocycles. The predicted octanol–water partition coefficient (Wildman–Crippen LogP) is 8.30.